The maximum atomic E-state index is 12.7. The summed E-state index contributed by atoms with van der Waals surface area (Å²) in [6.07, 6.45) is 0. The Kier molecular flexibility index (Phi) is 3.68. The molecular formula is C12H14FN3OS. The van der Waals surface area contributed by atoms with Gasteiger partial charge in [-0.25, -0.2) is 4.39 Å². The van der Waals surface area contributed by atoms with Gasteiger partial charge in [0.15, 0.2) is 5.82 Å². The first-order valence-electron chi connectivity index (χ1n) is 5.45. The summed E-state index contributed by atoms with van der Waals surface area (Å²) >= 11 is 1.50. The largest absolute Gasteiger partial charge is 0.338 e. The summed E-state index contributed by atoms with van der Waals surface area (Å²) in [5.41, 5.74) is 5.25. The number of halogens is 1. The SMILES string of the molecule is CC(C)(N)c1noc(CSc2ccc(F)cc2)n1. The van der Waals surface area contributed by atoms with E-state index in [2.05, 4.69) is 10.1 Å². The van der Waals surface area contributed by atoms with Crippen molar-refractivity contribution in [3.05, 3.63) is 41.8 Å². The second kappa shape index (κ2) is 5.07. The molecule has 0 aliphatic heterocycles. The van der Waals surface area contributed by atoms with Crippen molar-refractivity contribution in [3.63, 3.8) is 0 Å². The van der Waals surface area contributed by atoms with Gasteiger partial charge in [0.05, 0.1) is 11.3 Å². The molecule has 0 aliphatic carbocycles. The molecule has 0 fully saturated rings. The lowest BCUT2D eigenvalue weighted by atomic mass is 10.1. The molecule has 2 N–H and O–H groups in total. The third kappa shape index (κ3) is 3.30. The third-order valence-corrected chi connectivity index (χ3v) is 3.22. The first-order chi connectivity index (χ1) is 8.45. The molecule has 1 heterocycles. The predicted molar refractivity (Wildman–Crippen MR) is 67.5 cm³/mol. The van der Waals surface area contributed by atoms with Crippen LogP contribution in [0.5, 0.6) is 0 Å². The summed E-state index contributed by atoms with van der Waals surface area (Å²) in [4.78, 5) is 5.16. The number of aromatic nitrogens is 2. The molecule has 2 aromatic rings. The molecular weight excluding hydrogens is 253 g/mol. The van der Waals surface area contributed by atoms with E-state index in [1.807, 2.05) is 13.8 Å². The topological polar surface area (TPSA) is 64.9 Å². The third-order valence-electron chi connectivity index (χ3n) is 2.22. The minimum absolute atomic E-state index is 0.246. The number of nitrogens with two attached hydrogens (primary N) is 1. The molecule has 0 amide bonds. The van der Waals surface area contributed by atoms with Crippen LogP contribution in [0.15, 0.2) is 33.7 Å². The summed E-state index contributed by atoms with van der Waals surface area (Å²) < 4.78 is 17.8. The van der Waals surface area contributed by atoms with Crippen molar-refractivity contribution in [2.75, 3.05) is 0 Å². The second-order valence-electron chi connectivity index (χ2n) is 4.48. The Hall–Kier alpha value is -1.40. The standard InChI is InChI=1S/C12H14FN3OS/c1-12(2,14)11-15-10(17-16-11)7-18-9-5-3-8(13)4-6-9/h3-6H,7,14H2,1-2H3. The zero-order chi connectivity index (χ0) is 13.2. The van der Waals surface area contributed by atoms with Crippen LogP contribution in [-0.4, -0.2) is 10.1 Å². The van der Waals surface area contributed by atoms with E-state index in [4.69, 9.17) is 10.3 Å². The predicted octanol–water partition coefficient (Wildman–Crippen LogP) is 2.69. The molecule has 0 saturated heterocycles. The fourth-order valence-electron chi connectivity index (χ4n) is 1.25. The van der Waals surface area contributed by atoms with Crippen LogP contribution in [-0.2, 0) is 11.3 Å². The van der Waals surface area contributed by atoms with E-state index in [9.17, 15) is 4.39 Å². The van der Waals surface area contributed by atoms with Gasteiger partial charge in [-0.3, -0.25) is 0 Å². The van der Waals surface area contributed by atoms with Gasteiger partial charge in [0.2, 0.25) is 5.89 Å². The van der Waals surface area contributed by atoms with Crippen molar-refractivity contribution in [3.8, 4) is 0 Å². The Morgan fingerprint density at radius 3 is 2.56 bits per heavy atom. The summed E-state index contributed by atoms with van der Waals surface area (Å²) in [6.45, 7) is 3.63. The van der Waals surface area contributed by atoms with Gasteiger partial charge >= 0.3 is 0 Å². The molecule has 0 radical (unpaired) electrons. The van der Waals surface area contributed by atoms with Crippen LogP contribution >= 0.6 is 11.8 Å². The van der Waals surface area contributed by atoms with Crippen molar-refractivity contribution in [2.24, 2.45) is 5.73 Å². The van der Waals surface area contributed by atoms with Crippen molar-refractivity contribution in [1.82, 2.24) is 10.1 Å². The zero-order valence-corrected chi connectivity index (χ0v) is 11.0. The van der Waals surface area contributed by atoms with E-state index in [0.29, 0.717) is 17.5 Å². The van der Waals surface area contributed by atoms with Crippen LogP contribution in [0.25, 0.3) is 0 Å². The van der Waals surface area contributed by atoms with Crippen LogP contribution in [0.1, 0.15) is 25.6 Å². The molecule has 2 rings (SSSR count). The Labute approximate surface area is 109 Å². The molecule has 0 spiro atoms. The quantitative estimate of drug-likeness (QED) is 0.863. The van der Waals surface area contributed by atoms with E-state index >= 15 is 0 Å². The number of benzene rings is 1. The Bertz CT molecular complexity index is 519. The molecule has 0 atom stereocenters. The normalized spacial score (nSPS) is 11.8. The van der Waals surface area contributed by atoms with Crippen molar-refractivity contribution in [2.45, 2.75) is 30.0 Å². The van der Waals surface area contributed by atoms with E-state index in [0.717, 1.165) is 4.90 Å². The molecule has 0 saturated carbocycles. The van der Waals surface area contributed by atoms with Crippen molar-refractivity contribution in [1.29, 1.82) is 0 Å². The van der Waals surface area contributed by atoms with E-state index in [-0.39, 0.29) is 5.82 Å². The molecule has 18 heavy (non-hydrogen) atoms. The van der Waals surface area contributed by atoms with Crippen LogP contribution in [0.2, 0.25) is 0 Å². The smallest absolute Gasteiger partial charge is 0.237 e. The Morgan fingerprint density at radius 2 is 2.00 bits per heavy atom. The van der Waals surface area contributed by atoms with Gasteiger partial charge < -0.3 is 10.3 Å². The highest BCUT2D eigenvalue weighted by Gasteiger charge is 2.21. The molecule has 96 valence electrons. The Morgan fingerprint density at radius 1 is 1.33 bits per heavy atom. The number of thioether (sulfide) groups is 1. The molecule has 4 nitrogen and oxygen atoms in total. The van der Waals surface area contributed by atoms with Gasteiger partial charge in [0.25, 0.3) is 0 Å². The summed E-state index contributed by atoms with van der Waals surface area (Å²) in [5.74, 6) is 1.29. The minimum atomic E-state index is -0.609. The van der Waals surface area contributed by atoms with Gasteiger partial charge in [-0.1, -0.05) is 5.16 Å². The summed E-state index contributed by atoms with van der Waals surface area (Å²) in [5, 5.41) is 3.83. The zero-order valence-electron chi connectivity index (χ0n) is 10.2. The summed E-state index contributed by atoms with van der Waals surface area (Å²) in [6, 6.07) is 6.27. The Balaban J connectivity index is 1.98. The van der Waals surface area contributed by atoms with Crippen molar-refractivity contribution >= 4 is 11.8 Å². The molecule has 1 aromatic carbocycles. The van der Waals surface area contributed by atoms with E-state index in [1.54, 1.807) is 12.1 Å². The number of nitrogens with zero attached hydrogens (tertiary/aromatic N) is 2. The van der Waals surface area contributed by atoms with Crippen LogP contribution in [0.4, 0.5) is 4.39 Å². The fourth-order valence-corrected chi connectivity index (χ4v) is 1.99. The lowest BCUT2D eigenvalue weighted by molar-refractivity contribution is 0.370. The van der Waals surface area contributed by atoms with Crippen LogP contribution in [0, 0.1) is 5.82 Å². The van der Waals surface area contributed by atoms with Gasteiger partial charge in [0, 0.05) is 4.90 Å². The van der Waals surface area contributed by atoms with Crippen LogP contribution < -0.4 is 5.73 Å². The maximum Gasteiger partial charge on any atom is 0.237 e. The highest BCUT2D eigenvalue weighted by atomic mass is 32.2. The number of hydrogen-bond donors (Lipinski definition) is 1. The van der Waals surface area contributed by atoms with E-state index < -0.39 is 5.54 Å². The average Bonchev–Trinajstić information content (AvgIpc) is 2.77. The lowest BCUT2D eigenvalue weighted by Gasteiger charge is -2.11. The summed E-state index contributed by atoms with van der Waals surface area (Å²) in [7, 11) is 0. The molecule has 6 heteroatoms. The minimum Gasteiger partial charge on any atom is -0.338 e. The van der Waals surface area contributed by atoms with Gasteiger partial charge in [-0.05, 0) is 38.1 Å². The van der Waals surface area contributed by atoms with Gasteiger partial charge in [-0.2, -0.15) is 4.98 Å². The molecule has 0 aliphatic rings. The first-order valence-corrected chi connectivity index (χ1v) is 6.44. The van der Waals surface area contributed by atoms with Crippen LogP contribution in [0.3, 0.4) is 0 Å². The first kappa shape index (κ1) is 13.0. The van der Waals surface area contributed by atoms with E-state index in [1.165, 1.54) is 23.9 Å². The molecule has 0 unspecified atom stereocenters. The highest BCUT2D eigenvalue weighted by Crippen LogP contribution is 2.23. The fraction of sp³-hybridized carbons (Fsp3) is 0.333. The van der Waals surface area contributed by atoms with Gasteiger partial charge in [0.1, 0.15) is 5.82 Å². The maximum absolute atomic E-state index is 12.7. The monoisotopic (exact) mass is 267 g/mol. The number of hydrogen-bond acceptors (Lipinski definition) is 5. The van der Waals surface area contributed by atoms with Gasteiger partial charge in [-0.15, -0.1) is 11.8 Å². The van der Waals surface area contributed by atoms with Crippen molar-refractivity contribution < 1.29 is 8.91 Å². The molecule has 0 bridgehead atoms. The molecule has 1 aromatic heterocycles. The average molecular weight is 267 g/mol. The second-order valence-corrected chi connectivity index (χ2v) is 5.52. The number of rotatable bonds is 4. The lowest BCUT2D eigenvalue weighted by Crippen LogP contribution is -2.30. The highest BCUT2D eigenvalue weighted by molar-refractivity contribution is 7.98.